The van der Waals surface area contributed by atoms with E-state index >= 15 is 0 Å². The van der Waals surface area contributed by atoms with Gasteiger partial charge in [0.2, 0.25) is 0 Å². The van der Waals surface area contributed by atoms with E-state index in [-0.39, 0.29) is 41.2 Å². The number of halogens is 9. The summed E-state index contributed by atoms with van der Waals surface area (Å²) in [6, 6.07) is 1.71. The third kappa shape index (κ3) is 7.26. The molecule has 0 aliphatic heterocycles. The second-order valence-electron chi connectivity index (χ2n) is 8.60. The zero-order chi connectivity index (χ0) is 30.2. The van der Waals surface area contributed by atoms with Crippen molar-refractivity contribution < 1.29 is 49.1 Å². The van der Waals surface area contributed by atoms with Crippen molar-refractivity contribution in [3.63, 3.8) is 0 Å². The van der Waals surface area contributed by atoms with Gasteiger partial charge in [-0.25, -0.2) is 9.97 Å². The Morgan fingerprint density at radius 2 is 1.52 bits per heavy atom. The van der Waals surface area contributed by atoms with Crippen LogP contribution in [0.4, 0.5) is 39.5 Å². The third-order valence-corrected chi connectivity index (χ3v) is 5.30. The van der Waals surface area contributed by atoms with Gasteiger partial charge in [0.1, 0.15) is 12.4 Å². The first-order valence-corrected chi connectivity index (χ1v) is 11.1. The van der Waals surface area contributed by atoms with Crippen LogP contribution in [0.1, 0.15) is 56.5 Å². The van der Waals surface area contributed by atoms with Gasteiger partial charge in [-0.3, -0.25) is 9.59 Å². The van der Waals surface area contributed by atoms with Gasteiger partial charge >= 0.3 is 18.5 Å². The molecule has 0 saturated heterocycles. The molecule has 0 fully saturated rings. The van der Waals surface area contributed by atoms with Gasteiger partial charge in [-0.05, 0) is 44.2 Å². The van der Waals surface area contributed by atoms with Gasteiger partial charge in [0.05, 0.1) is 22.7 Å². The van der Waals surface area contributed by atoms with E-state index in [9.17, 15) is 49.1 Å². The molecule has 2 amide bonds. The van der Waals surface area contributed by atoms with Crippen molar-refractivity contribution in [1.82, 2.24) is 30.0 Å². The normalized spacial score (nSPS) is 13.2. The summed E-state index contributed by atoms with van der Waals surface area (Å²) < 4.78 is 118. The highest BCUT2D eigenvalue weighted by molar-refractivity contribution is 5.95. The van der Waals surface area contributed by atoms with Crippen LogP contribution in [0, 0.1) is 6.92 Å². The second-order valence-corrected chi connectivity index (χ2v) is 8.60. The summed E-state index contributed by atoms with van der Waals surface area (Å²) >= 11 is 0. The smallest absolute Gasteiger partial charge is 0.342 e. The minimum absolute atomic E-state index is 0.00477. The van der Waals surface area contributed by atoms with Gasteiger partial charge in [-0.2, -0.15) is 44.2 Å². The maximum absolute atomic E-state index is 13.2. The van der Waals surface area contributed by atoms with Gasteiger partial charge < -0.3 is 10.2 Å². The van der Waals surface area contributed by atoms with Crippen molar-refractivity contribution in [1.29, 1.82) is 0 Å². The van der Waals surface area contributed by atoms with E-state index in [1.165, 1.54) is 26.0 Å². The van der Waals surface area contributed by atoms with E-state index < -0.39 is 59.6 Å². The molecule has 3 rings (SSSR count). The quantitative estimate of drug-likeness (QED) is 0.407. The number of aryl methyl sites for hydroxylation is 1. The molecule has 40 heavy (non-hydrogen) atoms. The van der Waals surface area contributed by atoms with E-state index in [1.807, 2.05) is 0 Å². The summed E-state index contributed by atoms with van der Waals surface area (Å²) in [5, 5.41) is 6.35. The Hall–Kier alpha value is -4.18. The van der Waals surface area contributed by atoms with Crippen LogP contribution in [-0.2, 0) is 12.4 Å². The Morgan fingerprint density at radius 3 is 2.00 bits per heavy atom. The molecule has 0 bridgehead atoms. The number of benzene rings is 1. The molecule has 0 radical (unpaired) electrons. The zero-order valence-corrected chi connectivity index (χ0v) is 20.7. The lowest BCUT2D eigenvalue weighted by Gasteiger charge is -2.19. The highest BCUT2D eigenvalue weighted by Gasteiger charge is 2.38. The number of hydrogen-bond donors (Lipinski definition) is 1. The van der Waals surface area contributed by atoms with Crippen LogP contribution in [0.25, 0.3) is 5.82 Å². The lowest BCUT2D eigenvalue weighted by atomic mass is 10.0. The molecule has 1 N–H and O–H groups in total. The van der Waals surface area contributed by atoms with Crippen LogP contribution < -0.4 is 5.32 Å². The van der Waals surface area contributed by atoms with Crippen LogP contribution in [0.3, 0.4) is 0 Å². The monoisotopic (exact) mass is 582 g/mol. The third-order valence-electron chi connectivity index (χ3n) is 5.30. The highest BCUT2D eigenvalue weighted by atomic mass is 19.4. The Morgan fingerprint density at radius 1 is 0.950 bits per heavy atom. The summed E-state index contributed by atoms with van der Waals surface area (Å²) in [5.41, 5.74) is -4.42. The van der Waals surface area contributed by atoms with Crippen molar-refractivity contribution in [2.24, 2.45) is 0 Å². The zero-order valence-electron chi connectivity index (χ0n) is 20.7. The van der Waals surface area contributed by atoms with Crippen molar-refractivity contribution in [3.8, 4) is 5.82 Å². The lowest BCUT2D eigenvalue weighted by Crippen LogP contribution is -2.35. The highest BCUT2D eigenvalue weighted by Crippen LogP contribution is 2.36. The fourth-order valence-electron chi connectivity index (χ4n) is 3.51. The van der Waals surface area contributed by atoms with Crippen molar-refractivity contribution in [2.45, 2.75) is 38.4 Å². The van der Waals surface area contributed by atoms with Gasteiger partial charge in [0.25, 0.3) is 11.8 Å². The predicted molar refractivity (Wildman–Crippen MR) is 119 cm³/mol. The van der Waals surface area contributed by atoms with Crippen LogP contribution >= 0.6 is 0 Å². The SMILES string of the molecule is Cc1nc([C@H](C)NC(=O)c2cc(C(F)(F)F)cc(C(F)(F)F)c2)n(-c2ccc(C(=O)N(C)CC(F)(F)F)cn2)n1. The number of nitrogens with zero attached hydrogens (tertiary/aromatic N) is 5. The van der Waals surface area contributed by atoms with Crippen molar-refractivity contribution in [2.75, 3.05) is 13.6 Å². The molecule has 0 aliphatic carbocycles. The standard InChI is InChI=1S/C23H19F9N6O2/c1-11(34-19(39)14-6-15(22(27,28)29)8-16(7-14)23(30,31)32)18-35-12(2)36-38(18)17-5-4-13(9-33-17)20(40)37(3)10-21(24,25)26/h4-9,11H,10H2,1-3H3,(H,34,39)/t11-/m0/s1. The van der Waals surface area contributed by atoms with Crippen LogP contribution in [0.2, 0.25) is 0 Å². The molecule has 1 atom stereocenters. The number of alkyl halides is 9. The number of nitrogens with one attached hydrogen (secondary N) is 1. The van der Waals surface area contributed by atoms with E-state index in [0.29, 0.717) is 4.90 Å². The molecule has 0 saturated carbocycles. The molecule has 0 spiro atoms. The largest absolute Gasteiger partial charge is 0.416 e. The molecule has 8 nitrogen and oxygen atoms in total. The van der Waals surface area contributed by atoms with E-state index in [2.05, 4.69) is 20.4 Å². The predicted octanol–water partition coefficient (Wildman–Crippen LogP) is 5.13. The summed E-state index contributed by atoms with van der Waals surface area (Å²) in [4.78, 5) is 33.5. The van der Waals surface area contributed by atoms with Gasteiger partial charge in [-0.1, -0.05) is 0 Å². The Bertz CT molecular complexity index is 1360. The second kappa shape index (κ2) is 10.8. The fourth-order valence-corrected chi connectivity index (χ4v) is 3.51. The van der Waals surface area contributed by atoms with E-state index in [4.69, 9.17) is 0 Å². The van der Waals surface area contributed by atoms with Gasteiger partial charge in [-0.15, -0.1) is 5.10 Å². The molecule has 216 valence electrons. The molecule has 1 aromatic carbocycles. The molecule has 3 aromatic rings. The van der Waals surface area contributed by atoms with Gasteiger partial charge in [0, 0.05) is 18.8 Å². The van der Waals surface area contributed by atoms with E-state index in [0.717, 1.165) is 17.9 Å². The summed E-state index contributed by atoms with van der Waals surface area (Å²) in [6.07, 6.45) is -13.9. The summed E-state index contributed by atoms with van der Waals surface area (Å²) in [5.74, 6) is -2.12. The molecule has 17 heteroatoms. The first-order chi connectivity index (χ1) is 18.3. The number of carbonyl (C=O) groups is 2. The number of rotatable bonds is 6. The number of pyridine rings is 1. The number of hydrogen-bond acceptors (Lipinski definition) is 5. The maximum atomic E-state index is 13.2. The molecule has 2 heterocycles. The minimum Gasteiger partial charge on any atom is -0.342 e. The average Bonchev–Trinajstić information content (AvgIpc) is 3.23. The fraction of sp³-hybridized carbons (Fsp3) is 0.348. The Balaban J connectivity index is 1.87. The molecular weight excluding hydrogens is 563 g/mol. The van der Waals surface area contributed by atoms with Crippen LogP contribution in [-0.4, -0.2) is 56.2 Å². The van der Waals surface area contributed by atoms with E-state index in [1.54, 1.807) is 0 Å². The molecule has 0 unspecified atom stereocenters. The number of amides is 2. The lowest BCUT2D eigenvalue weighted by molar-refractivity contribution is -0.143. The summed E-state index contributed by atoms with van der Waals surface area (Å²) in [7, 11) is 0.953. The van der Waals surface area contributed by atoms with Crippen molar-refractivity contribution >= 4 is 11.8 Å². The van der Waals surface area contributed by atoms with Crippen molar-refractivity contribution in [3.05, 3.63) is 70.4 Å². The first-order valence-electron chi connectivity index (χ1n) is 11.1. The van der Waals surface area contributed by atoms with Gasteiger partial charge in [0.15, 0.2) is 11.6 Å². The Labute approximate surface area is 219 Å². The molecule has 0 aliphatic rings. The molecule has 2 aromatic heterocycles. The average molecular weight is 582 g/mol. The maximum Gasteiger partial charge on any atom is 0.416 e. The summed E-state index contributed by atoms with van der Waals surface area (Å²) in [6.45, 7) is 1.29. The van der Waals surface area contributed by atoms with Crippen LogP contribution in [0.15, 0.2) is 36.5 Å². The van der Waals surface area contributed by atoms with Crippen LogP contribution in [0.5, 0.6) is 0 Å². The Kier molecular flexibility index (Phi) is 8.17. The minimum atomic E-state index is -5.15. The first kappa shape index (κ1) is 30.4. The number of carbonyl (C=O) groups excluding carboxylic acids is 2. The number of aromatic nitrogens is 4. The molecular formula is C23H19F9N6O2. The topological polar surface area (TPSA) is 93.0 Å².